The maximum Gasteiger partial charge on any atom is 0.193 e. The van der Waals surface area contributed by atoms with Gasteiger partial charge in [-0.1, -0.05) is 0 Å². The van der Waals surface area contributed by atoms with E-state index in [0.717, 1.165) is 36.4 Å². The van der Waals surface area contributed by atoms with Crippen molar-refractivity contribution in [2.45, 2.75) is 40.2 Å². The third kappa shape index (κ3) is 4.82. The molecule has 1 rings (SSSR count). The molecule has 0 fully saturated rings. The van der Waals surface area contributed by atoms with Gasteiger partial charge >= 0.3 is 0 Å². The highest BCUT2D eigenvalue weighted by atomic mass is 16.5. The molecule has 4 heteroatoms. The van der Waals surface area contributed by atoms with E-state index in [-0.39, 0.29) is 5.78 Å². The van der Waals surface area contributed by atoms with Crippen LogP contribution in [-0.4, -0.2) is 53.8 Å². The average Bonchev–Trinajstić information content (AvgIpc) is 2.51. The van der Waals surface area contributed by atoms with E-state index in [4.69, 9.17) is 4.74 Å². The van der Waals surface area contributed by atoms with Gasteiger partial charge in [0.05, 0.1) is 19.6 Å². The average molecular weight is 308 g/mol. The van der Waals surface area contributed by atoms with Gasteiger partial charge in [-0.25, -0.2) is 0 Å². The van der Waals surface area contributed by atoms with Crippen LogP contribution in [0.3, 0.4) is 0 Å². The highest BCUT2D eigenvalue weighted by Crippen LogP contribution is 2.17. The number of hydrogen-bond donors (Lipinski definition) is 1. The maximum absolute atomic E-state index is 11.9. The molecule has 0 spiro atoms. The van der Waals surface area contributed by atoms with Crippen molar-refractivity contribution in [2.75, 3.05) is 32.8 Å². The summed E-state index contributed by atoms with van der Waals surface area (Å²) < 4.78 is 6.85. The molecule has 1 aromatic rings. The maximum atomic E-state index is 11.9. The van der Waals surface area contributed by atoms with Crippen molar-refractivity contribution >= 4 is 5.78 Å². The molecule has 124 valence electrons. The minimum Gasteiger partial charge on any atom is -0.488 e. The van der Waals surface area contributed by atoms with E-state index in [2.05, 4.69) is 20.8 Å². The number of quaternary nitrogens is 1. The molecule has 0 aliphatic carbocycles. The molecule has 0 atom stereocenters. The van der Waals surface area contributed by atoms with Gasteiger partial charge in [0.1, 0.15) is 24.5 Å². The zero-order chi connectivity index (χ0) is 16.8. The van der Waals surface area contributed by atoms with Crippen LogP contribution in [0.25, 0.3) is 0 Å². The number of benzene rings is 1. The molecular formula is C18H30NO3+. The molecule has 0 unspecified atom stereocenters. The molecule has 0 radical (unpaired) electrons. The number of rotatable bonds is 9. The molecule has 0 aromatic heterocycles. The van der Waals surface area contributed by atoms with Crippen LogP contribution in [0, 0.1) is 0 Å². The lowest BCUT2D eigenvalue weighted by Crippen LogP contribution is -2.49. The second-order valence-corrected chi connectivity index (χ2v) is 6.27. The smallest absolute Gasteiger partial charge is 0.193 e. The van der Waals surface area contributed by atoms with Crippen LogP contribution < -0.4 is 4.74 Å². The van der Waals surface area contributed by atoms with E-state index in [9.17, 15) is 9.90 Å². The first-order valence-electron chi connectivity index (χ1n) is 8.13. The first kappa shape index (κ1) is 18.7. The van der Waals surface area contributed by atoms with E-state index in [1.807, 2.05) is 0 Å². The van der Waals surface area contributed by atoms with Crippen molar-refractivity contribution in [3.8, 4) is 5.75 Å². The van der Waals surface area contributed by atoms with Crippen LogP contribution in [0.15, 0.2) is 24.3 Å². The molecule has 1 aromatic carbocycles. The summed E-state index contributed by atoms with van der Waals surface area (Å²) >= 11 is 0. The Balaban J connectivity index is 2.61. The lowest BCUT2D eigenvalue weighted by atomic mass is 9.97. The Hall–Kier alpha value is -1.39. The molecule has 0 saturated heterocycles. The lowest BCUT2D eigenvalue weighted by Gasteiger charge is -2.35. The molecule has 4 nitrogen and oxygen atoms in total. The van der Waals surface area contributed by atoms with Gasteiger partial charge in [0.2, 0.25) is 0 Å². The van der Waals surface area contributed by atoms with Crippen LogP contribution >= 0.6 is 0 Å². The van der Waals surface area contributed by atoms with Crippen molar-refractivity contribution in [1.29, 1.82) is 0 Å². The fourth-order valence-corrected chi connectivity index (χ4v) is 2.56. The second-order valence-electron chi connectivity index (χ2n) is 6.27. The summed E-state index contributed by atoms with van der Waals surface area (Å²) in [5.41, 5.74) is -0.844. The monoisotopic (exact) mass is 308 g/mol. The van der Waals surface area contributed by atoms with E-state index < -0.39 is 5.60 Å². The Morgan fingerprint density at radius 1 is 1.09 bits per heavy atom. The van der Waals surface area contributed by atoms with Gasteiger partial charge in [0.25, 0.3) is 0 Å². The molecule has 0 heterocycles. The Kier molecular flexibility index (Phi) is 6.57. The van der Waals surface area contributed by atoms with E-state index in [1.54, 1.807) is 24.3 Å². The van der Waals surface area contributed by atoms with Crippen LogP contribution in [0.4, 0.5) is 0 Å². The van der Waals surface area contributed by atoms with Crippen molar-refractivity contribution in [2.24, 2.45) is 0 Å². The predicted molar refractivity (Wildman–Crippen MR) is 89.3 cm³/mol. The summed E-state index contributed by atoms with van der Waals surface area (Å²) in [7, 11) is 0. The second kappa shape index (κ2) is 7.75. The highest BCUT2D eigenvalue weighted by Gasteiger charge is 2.25. The van der Waals surface area contributed by atoms with Crippen LogP contribution in [0.2, 0.25) is 0 Å². The van der Waals surface area contributed by atoms with Gasteiger partial charge in [-0.05, 0) is 58.9 Å². The molecule has 1 N–H and O–H groups in total. The summed E-state index contributed by atoms with van der Waals surface area (Å²) in [5, 5.41) is 9.74. The topological polar surface area (TPSA) is 46.5 Å². The number of ketones is 1. The number of likely N-dealkylation sites (N-methyl/N-ethyl adjacent to an activating group) is 1. The SMILES string of the molecule is CC[N+](CC)(CC)CCOc1ccc(C(=O)C(C)(C)O)cc1. The van der Waals surface area contributed by atoms with Gasteiger partial charge in [0, 0.05) is 5.56 Å². The van der Waals surface area contributed by atoms with E-state index in [1.165, 1.54) is 13.8 Å². The van der Waals surface area contributed by atoms with Gasteiger partial charge in [-0.3, -0.25) is 4.79 Å². The number of carbonyl (C=O) groups excluding carboxylic acids is 1. The highest BCUT2D eigenvalue weighted by molar-refractivity contribution is 6.01. The summed E-state index contributed by atoms with van der Waals surface area (Å²) in [4.78, 5) is 11.9. The van der Waals surface area contributed by atoms with Gasteiger partial charge < -0.3 is 14.3 Å². The Morgan fingerprint density at radius 2 is 1.59 bits per heavy atom. The third-order valence-electron chi connectivity index (χ3n) is 4.52. The molecule has 22 heavy (non-hydrogen) atoms. The molecular weight excluding hydrogens is 278 g/mol. The Labute approximate surface area is 134 Å². The summed E-state index contributed by atoms with van der Waals surface area (Å²) in [6.45, 7) is 14.6. The summed E-state index contributed by atoms with van der Waals surface area (Å²) in [6, 6.07) is 6.99. The fraction of sp³-hybridized carbons (Fsp3) is 0.611. The molecule has 0 aliphatic heterocycles. The molecule has 0 bridgehead atoms. The van der Waals surface area contributed by atoms with Gasteiger partial charge in [-0.15, -0.1) is 0 Å². The van der Waals surface area contributed by atoms with Crippen LogP contribution in [0.5, 0.6) is 5.75 Å². The zero-order valence-electron chi connectivity index (χ0n) is 14.6. The zero-order valence-corrected chi connectivity index (χ0v) is 14.6. The van der Waals surface area contributed by atoms with Crippen LogP contribution in [0.1, 0.15) is 45.0 Å². The van der Waals surface area contributed by atoms with Crippen molar-refractivity contribution in [1.82, 2.24) is 0 Å². The lowest BCUT2D eigenvalue weighted by molar-refractivity contribution is -0.923. The molecule has 0 aliphatic rings. The standard InChI is InChI=1S/C18H30NO3/c1-6-19(7-2,8-3)13-14-22-16-11-9-15(10-12-16)17(20)18(4,5)21/h9-12,21H,6-8,13-14H2,1-5H3/q+1. The first-order chi connectivity index (χ1) is 10.3. The predicted octanol–water partition coefficient (Wildman–Crippen LogP) is 2.90. The minimum absolute atomic E-state index is 0.280. The number of carbonyl (C=O) groups is 1. The Bertz CT molecular complexity index is 462. The number of hydrogen-bond acceptors (Lipinski definition) is 3. The molecule has 0 amide bonds. The van der Waals surface area contributed by atoms with E-state index in [0.29, 0.717) is 12.2 Å². The quantitative estimate of drug-likeness (QED) is 0.563. The summed E-state index contributed by atoms with van der Waals surface area (Å²) in [6.07, 6.45) is 0. The van der Waals surface area contributed by atoms with Gasteiger partial charge in [-0.2, -0.15) is 0 Å². The number of ether oxygens (including phenoxy) is 1. The largest absolute Gasteiger partial charge is 0.488 e. The Morgan fingerprint density at radius 3 is 2.00 bits per heavy atom. The van der Waals surface area contributed by atoms with Crippen molar-refractivity contribution in [3.63, 3.8) is 0 Å². The summed E-state index contributed by atoms with van der Waals surface area (Å²) in [5.74, 6) is 0.478. The third-order valence-corrected chi connectivity index (χ3v) is 4.52. The molecule has 0 saturated carbocycles. The number of nitrogens with zero attached hydrogens (tertiary/aromatic N) is 1. The minimum atomic E-state index is -1.34. The number of aliphatic hydroxyl groups is 1. The first-order valence-corrected chi connectivity index (χ1v) is 8.13. The van der Waals surface area contributed by atoms with E-state index >= 15 is 0 Å². The normalized spacial score (nSPS) is 12.3. The van der Waals surface area contributed by atoms with Crippen molar-refractivity contribution in [3.05, 3.63) is 29.8 Å². The van der Waals surface area contributed by atoms with Crippen LogP contribution in [-0.2, 0) is 0 Å². The van der Waals surface area contributed by atoms with Crippen molar-refractivity contribution < 1.29 is 19.1 Å². The fourth-order valence-electron chi connectivity index (χ4n) is 2.56. The number of Topliss-reactive ketones (excluding diaryl/α,β-unsaturated/α-hetero) is 1. The van der Waals surface area contributed by atoms with Gasteiger partial charge in [0.15, 0.2) is 5.78 Å².